The zero-order valence-electron chi connectivity index (χ0n) is 10.9. The number of H-pyrrole nitrogens is 1. The first-order valence-corrected chi connectivity index (χ1v) is 6.83. The van der Waals surface area contributed by atoms with Crippen LogP contribution in [0.4, 0.5) is 5.69 Å². The van der Waals surface area contributed by atoms with E-state index in [9.17, 15) is 14.7 Å². The van der Waals surface area contributed by atoms with E-state index in [0.717, 1.165) is 11.8 Å². The highest BCUT2D eigenvalue weighted by atomic mass is 32.2. The lowest BCUT2D eigenvalue weighted by molar-refractivity contribution is -0.131. The first-order chi connectivity index (χ1) is 10.1. The van der Waals surface area contributed by atoms with E-state index in [4.69, 9.17) is 0 Å². The van der Waals surface area contributed by atoms with Crippen LogP contribution in [0.2, 0.25) is 0 Å². The number of amides is 1. The molecule has 0 unspecified atom stereocenters. The molecule has 0 aliphatic carbocycles. The third kappa shape index (κ3) is 2.40. The molecule has 3 rings (SSSR count). The molecule has 2 aromatic rings. The number of hydrogen-bond acceptors (Lipinski definition) is 5. The highest BCUT2D eigenvalue weighted by Crippen LogP contribution is 2.38. The van der Waals surface area contributed by atoms with Crippen LogP contribution in [0.5, 0.6) is 0 Å². The van der Waals surface area contributed by atoms with Crippen LogP contribution in [0, 0.1) is 6.92 Å². The fourth-order valence-corrected chi connectivity index (χ4v) is 2.85. The largest absolute Gasteiger partial charge is 0.477 e. The van der Waals surface area contributed by atoms with Crippen LogP contribution in [0.3, 0.4) is 0 Å². The van der Waals surface area contributed by atoms with Crippen LogP contribution in [-0.2, 0) is 9.59 Å². The van der Waals surface area contributed by atoms with Gasteiger partial charge in [0.05, 0.1) is 5.57 Å². The molecule has 0 saturated carbocycles. The second-order valence-electron chi connectivity index (χ2n) is 4.31. The second kappa shape index (κ2) is 5.06. The van der Waals surface area contributed by atoms with E-state index >= 15 is 0 Å². The van der Waals surface area contributed by atoms with E-state index in [-0.39, 0.29) is 15.6 Å². The predicted molar refractivity (Wildman–Crippen MR) is 76.6 cm³/mol. The molecule has 0 saturated heterocycles. The molecule has 106 valence electrons. The number of carboxylic acids is 1. The number of aliphatic carboxylic acids is 1. The summed E-state index contributed by atoms with van der Waals surface area (Å²) in [7, 11) is 0. The van der Waals surface area contributed by atoms with Crippen molar-refractivity contribution in [2.45, 2.75) is 12.1 Å². The van der Waals surface area contributed by atoms with Crippen molar-refractivity contribution in [2.75, 3.05) is 5.32 Å². The molecule has 1 aromatic heterocycles. The number of aryl methyl sites for hydroxylation is 1. The lowest BCUT2D eigenvalue weighted by atomic mass is 10.1. The molecule has 0 atom stereocenters. The number of benzene rings is 1. The van der Waals surface area contributed by atoms with Crippen molar-refractivity contribution in [2.24, 2.45) is 0 Å². The van der Waals surface area contributed by atoms with Crippen molar-refractivity contribution in [3.05, 3.63) is 40.6 Å². The van der Waals surface area contributed by atoms with Gasteiger partial charge in [0.15, 0.2) is 0 Å². The molecule has 21 heavy (non-hydrogen) atoms. The van der Waals surface area contributed by atoms with Gasteiger partial charge < -0.3 is 10.4 Å². The van der Waals surface area contributed by atoms with Crippen molar-refractivity contribution in [3.63, 3.8) is 0 Å². The SMILES string of the molecule is Cc1nc(S/C(C(=O)O)=C2\C(=O)Nc3ccccc32)n[nH]1. The maximum atomic E-state index is 12.1. The first kappa shape index (κ1) is 13.4. The first-order valence-electron chi connectivity index (χ1n) is 6.01. The summed E-state index contributed by atoms with van der Waals surface area (Å²) in [6.45, 7) is 1.71. The molecule has 0 radical (unpaired) electrons. The van der Waals surface area contributed by atoms with E-state index in [2.05, 4.69) is 20.5 Å². The lowest BCUT2D eigenvalue weighted by Crippen LogP contribution is -2.09. The summed E-state index contributed by atoms with van der Waals surface area (Å²) in [4.78, 5) is 27.6. The van der Waals surface area contributed by atoms with Crippen LogP contribution in [-0.4, -0.2) is 32.2 Å². The van der Waals surface area contributed by atoms with Gasteiger partial charge >= 0.3 is 5.97 Å². The number of aromatic amines is 1. The number of nitrogens with one attached hydrogen (secondary N) is 2. The minimum absolute atomic E-state index is 0.101. The van der Waals surface area contributed by atoms with Gasteiger partial charge in [0.1, 0.15) is 10.7 Å². The van der Waals surface area contributed by atoms with Gasteiger partial charge in [-0.05, 0) is 24.8 Å². The number of aromatic nitrogens is 3. The number of carbonyl (C=O) groups excluding carboxylic acids is 1. The Morgan fingerprint density at radius 1 is 1.33 bits per heavy atom. The van der Waals surface area contributed by atoms with Gasteiger partial charge in [-0.1, -0.05) is 18.2 Å². The Morgan fingerprint density at radius 2 is 2.10 bits per heavy atom. The number of fused-ring (bicyclic) bond motifs is 1. The number of para-hydroxylation sites is 1. The molecule has 7 nitrogen and oxygen atoms in total. The van der Waals surface area contributed by atoms with Crippen LogP contribution < -0.4 is 5.32 Å². The molecule has 0 bridgehead atoms. The van der Waals surface area contributed by atoms with Gasteiger partial charge in [-0.2, -0.15) is 0 Å². The maximum Gasteiger partial charge on any atom is 0.343 e. The monoisotopic (exact) mass is 302 g/mol. The molecule has 1 aromatic carbocycles. The molecule has 3 N–H and O–H groups in total. The smallest absolute Gasteiger partial charge is 0.343 e. The molecule has 0 fully saturated rings. The Hall–Kier alpha value is -2.61. The Balaban J connectivity index is 2.11. The van der Waals surface area contributed by atoms with Gasteiger partial charge in [-0.15, -0.1) is 5.10 Å². The Labute approximate surface area is 123 Å². The predicted octanol–water partition coefficient (Wildman–Crippen LogP) is 1.65. The lowest BCUT2D eigenvalue weighted by Gasteiger charge is -2.03. The number of thioether (sulfide) groups is 1. The zero-order chi connectivity index (χ0) is 15.0. The number of carboxylic acid groups (broad SMARTS) is 1. The molecule has 1 amide bonds. The number of anilines is 1. The molecular formula is C13H10N4O3S. The van der Waals surface area contributed by atoms with Crippen LogP contribution in [0.1, 0.15) is 11.4 Å². The van der Waals surface area contributed by atoms with E-state index in [1.807, 2.05) is 0 Å². The second-order valence-corrected chi connectivity index (χ2v) is 5.29. The van der Waals surface area contributed by atoms with E-state index in [1.165, 1.54) is 0 Å². The topological polar surface area (TPSA) is 108 Å². The summed E-state index contributed by atoms with van der Waals surface area (Å²) in [6.07, 6.45) is 0. The fourth-order valence-electron chi connectivity index (χ4n) is 2.00. The van der Waals surface area contributed by atoms with Gasteiger partial charge in [0, 0.05) is 11.3 Å². The summed E-state index contributed by atoms with van der Waals surface area (Å²) in [5, 5.41) is 18.9. The molecule has 1 aliphatic rings. The average Bonchev–Trinajstić information content (AvgIpc) is 2.98. The van der Waals surface area contributed by atoms with Crippen molar-refractivity contribution in [1.29, 1.82) is 0 Å². The Bertz CT molecular complexity index is 781. The highest BCUT2D eigenvalue weighted by Gasteiger charge is 2.31. The van der Waals surface area contributed by atoms with E-state index in [0.29, 0.717) is 17.1 Å². The summed E-state index contributed by atoms with van der Waals surface area (Å²) < 4.78 is 0. The molecule has 2 heterocycles. The summed E-state index contributed by atoms with van der Waals surface area (Å²) in [5.74, 6) is -1.05. The summed E-state index contributed by atoms with van der Waals surface area (Å²) >= 11 is 0.848. The minimum Gasteiger partial charge on any atom is -0.477 e. The third-order valence-electron chi connectivity index (χ3n) is 2.86. The normalized spacial score (nSPS) is 15.6. The highest BCUT2D eigenvalue weighted by molar-refractivity contribution is 8.04. The van der Waals surface area contributed by atoms with Crippen molar-refractivity contribution < 1.29 is 14.7 Å². The van der Waals surface area contributed by atoms with E-state index in [1.54, 1.807) is 31.2 Å². The van der Waals surface area contributed by atoms with Crippen molar-refractivity contribution >= 4 is 34.9 Å². The van der Waals surface area contributed by atoms with Crippen LogP contribution >= 0.6 is 11.8 Å². The third-order valence-corrected chi connectivity index (χ3v) is 3.81. The fraction of sp³-hybridized carbons (Fsp3) is 0.0769. The molecule has 8 heteroatoms. The van der Waals surface area contributed by atoms with Gasteiger partial charge in [0.25, 0.3) is 5.91 Å². The van der Waals surface area contributed by atoms with E-state index < -0.39 is 11.9 Å². The number of carbonyl (C=O) groups is 2. The van der Waals surface area contributed by atoms with Crippen LogP contribution in [0.15, 0.2) is 34.3 Å². The Morgan fingerprint density at radius 3 is 2.76 bits per heavy atom. The number of hydrogen-bond donors (Lipinski definition) is 3. The quantitative estimate of drug-likeness (QED) is 0.588. The summed E-state index contributed by atoms with van der Waals surface area (Å²) in [6, 6.07) is 6.95. The van der Waals surface area contributed by atoms with Gasteiger partial charge in [-0.25, -0.2) is 9.78 Å². The number of nitrogens with zero attached hydrogens (tertiary/aromatic N) is 2. The van der Waals surface area contributed by atoms with Gasteiger partial charge in [-0.3, -0.25) is 9.89 Å². The van der Waals surface area contributed by atoms with Crippen LogP contribution in [0.25, 0.3) is 5.57 Å². The minimum atomic E-state index is -1.19. The molecular weight excluding hydrogens is 292 g/mol. The zero-order valence-corrected chi connectivity index (χ0v) is 11.7. The standard InChI is InChI=1S/C13H10N4O3S/c1-6-14-13(17-16-6)21-10(12(19)20)9-7-4-2-3-5-8(7)15-11(9)18/h2-5H,1H3,(H,15,18)(H,19,20)(H,14,16,17)/b10-9-. The van der Waals surface area contributed by atoms with Crippen molar-refractivity contribution in [3.8, 4) is 0 Å². The van der Waals surface area contributed by atoms with Crippen molar-refractivity contribution in [1.82, 2.24) is 15.2 Å². The maximum absolute atomic E-state index is 12.1. The Kier molecular flexibility index (Phi) is 3.22. The molecule has 0 spiro atoms. The average molecular weight is 302 g/mol. The summed E-state index contributed by atoms with van der Waals surface area (Å²) in [5.41, 5.74) is 1.30. The number of rotatable bonds is 3. The van der Waals surface area contributed by atoms with Gasteiger partial charge in [0.2, 0.25) is 5.16 Å². The molecule has 1 aliphatic heterocycles.